The maximum Gasteiger partial charge on any atom is 0.258 e. The van der Waals surface area contributed by atoms with Crippen LogP contribution >= 0.6 is 15.9 Å². The van der Waals surface area contributed by atoms with Gasteiger partial charge in [0.2, 0.25) is 0 Å². The van der Waals surface area contributed by atoms with Gasteiger partial charge in [0.05, 0.1) is 24.8 Å². The van der Waals surface area contributed by atoms with Crippen LogP contribution in [0.2, 0.25) is 0 Å². The number of halogens is 2. The number of amides is 1. The molecule has 1 unspecified atom stereocenters. The Kier molecular flexibility index (Phi) is 4.35. The zero-order chi connectivity index (χ0) is 13.1. The smallest absolute Gasteiger partial charge is 0.258 e. The summed E-state index contributed by atoms with van der Waals surface area (Å²) in [7, 11) is 0. The Balaban J connectivity index is 2.30. The third kappa shape index (κ3) is 2.57. The summed E-state index contributed by atoms with van der Waals surface area (Å²) in [6.07, 6.45) is 0.803. The largest absolute Gasteiger partial charge is 0.377 e. The van der Waals surface area contributed by atoms with Gasteiger partial charge in [-0.2, -0.15) is 0 Å². The highest BCUT2D eigenvalue weighted by molar-refractivity contribution is 9.10. The first-order chi connectivity index (χ1) is 8.65. The first kappa shape index (κ1) is 13.5. The van der Waals surface area contributed by atoms with Crippen molar-refractivity contribution < 1.29 is 13.9 Å². The van der Waals surface area contributed by atoms with Crippen LogP contribution in [0.3, 0.4) is 0 Å². The van der Waals surface area contributed by atoms with Crippen molar-refractivity contribution in [2.24, 2.45) is 0 Å². The lowest BCUT2D eigenvalue weighted by Crippen LogP contribution is -2.48. The third-order valence-electron chi connectivity index (χ3n) is 3.14. The molecule has 1 saturated heterocycles. The van der Waals surface area contributed by atoms with Crippen LogP contribution in [0.5, 0.6) is 0 Å². The van der Waals surface area contributed by atoms with E-state index in [1.807, 2.05) is 6.92 Å². The summed E-state index contributed by atoms with van der Waals surface area (Å²) in [5.74, 6) is -0.758. The first-order valence-corrected chi connectivity index (χ1v) is 6.77. The SMILES string of the molecule is CCC1COCCN1C(=O)c1c(F)cccc1Br. The highest BCUT2D eigenvalue weighted by Crippen LogP contribution is 2.23. The monoisotopic (exact) mass is 315 g/mol. The van der Waals surface area contributed by atoms with Crippen molar-refractivity contribution in [1.29, 1.82) is 0 Å². The van der Waals surface area contributed by atoms with E-state index in [1.54, 1.807) is 17.0 Å². The van der Waals surface area contributed by atoms with Crippen molar-refractivity contribution in [2.45, 2.75) is 19.4 Å². The summed E-state index contributed by atoms with van der Waals surface area (Å²) in [5.41, 5.74) is 0.109. The number of ether oxygens (including phenoxy) is 1. The van der Waals surface area contributed by atoms with Crippen molar-refractivity contribution >= 4 is 21.8 Å². The Morgan fingerprint density at radius 2 is 2.39 bits per heavy atom. The molecule has 0 saturated carbocycles. The maximum atomic E-state index is 13.8. The number of hydrogen-bond acceptors (Lipinski definition) is 2. The highest BCUT2D eigenvalue weighted by atomic mass is 79.9. The Morgan fingerprint density at radius 1 is 1.61 bits per heavy atom. The number of hydrogen-bond donors (Lipinski definition) is 0. The van der Waals surface area contributed by atoms with Gasteiger partial charge >= 0.3 is 0 Å². The van der Waals surface area contributed by atoms with Gasteiger partial charge in [0.25, 0.3) is 5.91 Å². The standard InChI is InChI=1S/C13H15BrFNO2/c1-2-9-8-18-7-6-16(9)13(17)12-10(14)4-3-5-11(12)15/h3-5,9H,2,6-8H2,1H3. The lowest BCUT2D eigenvalue weighted by Gasteiger charge is -2.35. The molecule has 1 aliphatic rings. The molecular formula is C13H15BrFNO2. The molecule has 0 bridgehead atoms. The second-order valence-electron chi connectivity index (χ2n) is 4.23. The van der Waals surface area contributed by atoms with E-state index in [0.717, 1.165) is 6.42 Å². The molecule has 0 radical (unpaired) electrons. The van der Waals surface area contributed by atoms with Gasteiger partial charge < -0.3 is 9.64 Å². The van der Waals surface area contributed by atoms with Gasteiger partial charge in [-0.15, -0.1) is 0 Å². The van der Waals surface area contributed by atoms with E-state index >= 15 is 0 Å². The fraction of sp³-hybridized carbons (Fsp3) is 0.462. The summed E-state index contributed by atoms with van der Waals surface area (Å²) in [6.45, 7) is 3.54. The Hall–Kier alpha value is -0.940. The summed E-state index contributed by atoms with van der Waals surface area (Å²) >= 11 is 3.24. The number of morpholine rings is 1. The predicted molar refractivity (Wildman–Crippen MR) is 70.0 cm³/mol. The Bertz CT molecular complexity index is 432. The molecule has 3 nitrogen and oxygen atoms in total. The molecule has 0 aliphatic carbocycles. The zero-order valence-corrected chi connectivity index (χ0v) is 11.7. The third-order valence-corrected chi connectivity index (χ3v) is 3.80. The minimum absolute atomic E-state index is 0.0257. The van der Waals surface area contributed by atoms with Crippen LogP contribution in [0.25, 0.3) is 0 Å². The number of carbonyl (C=O) groups is 1. The fourth-order valence-electron chi connectivity index (χ4n) is 2.11. The second-order valence-corrected chi connectivity index (χ2v) is 5.09. The average molecular weight is 316 g/mol. The molecule has 2 rings (SSSR count). The molecule has 18 heavy (non-hydrogen) atoms. The first-order valence-electron chi connectivity index (χ1n) is 5.98. The maximum absolute atomic E-state index is 13.8. The van der Waals surface area contributed by atoms with Crippen LogP contribution in [-0.2, 0) is 4.74 Å². The molecule has 5 heteroatoms. The molecule has 1 heterocycles. The minimum atomic E-state index is -0.490. The van der Waals surface area contributed by atoms with Gasteiger partial charge in [-0.25, -0.2) is 4.39 Å². The predicted octanol–water partition coefficient (Wildman–Crippen LogP) is 2.84. The lowest BCUT2D eigenvalue weighted by atomic mass is 10.1. The van der Waals surface area contributed by atoms with Crippen molar-refractivity contribution in [1.82, 2.24) is 4.90 Å². The van der Waals surface area contributed by atoms with Gasteiger partial charge in [0, 0.05) is 11.0 Å². The van der Waals surface area contributed by atoms with Crippen LogP contribution in [0.1, 0.15) is 23.7 Å². The van der Waals surface area contributed by atoms with E-state index < -0.39 is 5.82 Å². The van der Waals surface area contributed by atoms with Crippen LogP contribution in [0.4, 0.5) is 4.39 Å². The molecule has 1 aromatic rings. The van der Waals surface area contributed by atoms with E-state index in [4.69, 9.17) is 4.74 Å². The molecule has 1 aliphatic heterocycles. The average Bonchev–Trinajstić information content (AvgIpc) is 2.38. The van der Waals surface area contributed by atoms with E-state index in [2.05, 4.69) is 15.9 Å². The normalized spacial score (nSPS) is 19.9. The quantitative estimate of drug-likeness (QED) is 0.840. The van der Waals surface area contributed by atoms with E-state index in [9.17, 15) is 9.18 Å². The minimum Gasteiger partial charge on any atom is -0.377 e. The van der Waals surface area contributed by atoms with Crippen molar-refractivity contribution in [3.8, 4) is 0 Å². The van der Waals surface area contributed by atoms with Crippen molar-refractivity contribution in [2.75, 3.05) is 19.8 Å². The van der Waals surface area contributed by atoms with Crippen LogP contribution < -0.4 is 0 Å². The van der Waals surface area contributed by atoms with E-state index in [1.165, 1.54) is 6.07 Å². The number of rotatable bonds is 2. The zero-order valence-electron chi connectivity index (χ0n) is 10.2. The van der Waals surface area contributed by atoms with Gasteiger partial charge in [0.1, 0.15) is 5.82 Å². The molecule has 98 valence electrons. The lowest BCUT2D eigenvalue weighted by molar-refractivity contribution is -0.00308. The van der Waals surface area contributed by atoms with Gasteiger partial charge in [-0.3, -0.25) is 4.79 Å². The van der Waals surface area contributed by atoms with E-state index in [0.29, 0.717) is 24.2 Å². The molecular weight excluding hydrogens is 301 g/mol. The fourth-order valence-corrected chi connectivity index (χ4v) is 2.62. The summed E-state index contributed by atoms with van der Waals surface area (Å²) in [5, 5.41) is 0. The number of benzene rings is 1. The molecule has 1 atom stereocenters. The van der Waals surface area contributed by atoms with Crippen molar-refractivity contribution in [3.05, 3.63) is 34.1 Å². The Labute approximate surface area is 114 Å². The topological polar surface area (TPSA) is 29.5 Å². The molecule has 0 spiro atoms. The molecule has 1 amide bonds. The summed E-state index contributed by atoms with van der Waals surface area (Å²) < 4.78 is 19.6. The van der Waals surface area contributed by atoms with Crippen LogP contribution in [0.15, 0.2) is 22.7 Å². The number of carbonyl (C=O) groups excluding carboxylic acids is 1. The van der Waals surface area contributed by atoms with Gasteiger partial charge in [0.15, 0.2) is 0 Å². The summed E-state index contributed by atoms with van der Waals surface area (Å²) in [6, 6.07) is 4.59. The molecule has 0 aromatic heterocycles. The van der Waals surface area contributed by atoms with Gasteiger partial charge in [-0.1, -0.05) is 13.0 Å². The molecule has 1 aromatic carbocycles. The Morgan fingerprint density at radius 3 is 3.06 bits per heavy atom. The highest BCUT2D eigenvalue weighted by Gasteiger charge is 2.29. The number of nitrogens with zero attached hydrogens (tertiary/aromatic N) is 1. The van der Waals surface area contributed by atoms with E-state index in [-0.39, 0.29) is 17.5 Å². The second kappa shape index (κ2) is 5.80. The van der Waals surface area contributed by atoms with Crippen molar-refractivity contribution in [3.63, 3.8) is 0 Å². The summed E-state index contributed by atoms with van der Waals surface area (Å²) in [4.78, 5) is 14.1. The molecule has 1 fully saturated rings. The van der Waals surface area contributed by atoms with Crippen LogP contribution in [0, 0.1) is 5.82 Å². The van der Waals surface area contributed by atoms with Gasteiger partial charge in [-0.05, 0) is 34.5 Å². The van der Waals surface area contributed by atoms with Crippen LogP contribution in [-0.4, -0.2) is 36.6 Å². The molecule has 0 N–H and O–H groups in total.